The Morgan fingerprint density at radius 3 is 1.52 bits per heavy atom. The lowest BCUT2D eigenvalue weighted by atomic mass is 9.94. The van der Waals surface area contributed by atoms with Crippen molar-refractivity contribution >= 4 is 125 Å². The molecule has 0 aliphatic carbocycles. The van der Waals surface area contributed by atoms with Crippen LogP contribution in [0.5, 0.6) is 0 Å². The highest BCUT2D eigenvalue weighted by atomic mass is 16.3. The highest BCUT2D eigenvalue weighted by Crippen LogP contribution is 2.48. The third-order valence-electron chi connectivity index (χ3n) is 13.4. The van der Waals surface area contributed by atoms with E-state index in [4.69, 9.17) is 4.42 Å². The maximum Gasteiger partial charge on any atom is 0.136 e. The lowest BCUT2D eigenvalue weighted by Gasteiger charge is -2.27. The first-order valence-electron chi connectivity index (χ1n) is 21.7. The van der Waals surface area contributed by atoms with Crippen LogP contribution < -0.4 is 4.90 Å². The van der Waals surface area contributed by atoms with Gasteiger partial charge in [-0.2, -0.15) is 0 Å². The van der Waals surface area contributed by atoms with Crippen molar-refractivity contribution in [2.75, 3.05) is 4.90 Å². The average molecular weight is 801 g/mol. The van der Waals surface area contributed by atoms with Gasteiger partial charge in [0.25, 0.3) is 0 Å². The first-order chi connectivity index (χ1) is 31.2. The fourth-order valence-electron chi connectivity index (χ4n) is 10.6. The zero-order valence-corrected chi connectivity index (χ0v) is 34.1. The molecular formula is C60H36N2O. The topological polar surface area (TPSA) is 21.3 Å². The van der Waals surface area contributed by atoms with Gasteiger partial charge in [0.05, 0.1) is 16.7 Å². The summed E-state index contributed by atoms with van der Waals surface area (Å²) in [7, 11) is 0. The number of nitrogens with zero attached hydrogens (tertiary/aromatic N) is 2. The van der Waals surface area contributed by atoms with Crippen molar-refractivity contribution in [2.24, 2.45) is 0 Å². The number of fused-ring (bicyclic) bond motifs is 15. The molecule has 0 amide bonds. The molecule has 0 fully saturated rings. The predicted octanol–water partition coefficient (Wildman–Crippen LogP) is 17.1. The van der Waals surface area contributed by atoms with Crippen LogP contribution in [-0.4, -0.2) is 4.57 Å². The number of aromatic nitrogens is 1. The van der Waals surface area contributed by atoms with Crippen LogP contribution in [0.4, 0.5) is 17.1 Å². The molecule has 0 radical (unpaired) electrons. The molecule has 12 aromatic carbocycles. The van der Waals surface area contributed by atoms with Crippen molar-refractivity contribution in [1.29, 1.82) is 0 Å². The fraction of sp³-hybridized carbons (Fsp3) is 0. The van der Waals surface area contributed by atoms with Crippen LogP contribution in [-0.2, 0) is 0 Å². The first-order valence-corrected chi connectivity index (χ1v) is 21.7. The van der Waals surface area contributed by atoms with Gasteiger partial charge in [-0.3, -0.25) is 0 Å². The summed E-state index contributed by atoms with van der Waals surface area (Å²) in [5, 5.41) is 19.3. The minimum absolute atomic E-state index is 0.873. The number of rotatable bonds is 4. The molecule has 292 valence electrons. The highest BCUT2D eigenvalue weighted by Gasteiger charge is 2.24. The molecule has 0 saturated carbocycles. The molecule has 3 heteroatoms. The van der Waals surface area contributed by atoms with E-state index in [0.717, 1.165) is 50.2 Å². The molecule has 0 bridgehead atoms. The van der Waals surface area contributed by atoms with Gasteiger partial charge in [0.2, 0.25) is 0 Å². The van der Waals surface area contributed by atoms with Crippen LogP contribution in [0, 0.1) is 0 Å². The van der Waals surface area contributed by atoms with E-state index >= 15 is 0 Å². The summed E-state index contributed by atoms with van der Waals surface area (Å²) < 4.78 is 9.04. The van der Waals surface area contributed by atoms with Gasteiger partial charge in [-0.25, -0.2) is 0 Å². The normalized spacial score (nSPS) is 12.1. The molecule has 14 aromatic rings. The summed E-state index contributed by atoms with van der Waals surface area (Å²) >= 11 is 0. The van der Waals surface area contributed by atoms with Crippen LogP contribution in [0.2, 0.25) is 0 Å². The fourth-order valence-corrected chi connectivity index (χ4v) is 10.6. The molecule has 0 spiro atoms. The van der Waals surface area contributed by atoms with Crippen molar-refractivity contribution in [1.82, 2.24) is 4.57 Å². The molecule has 0 aliphatic rings. The average Bonchev–Trinajstić information content (AvgIpc) is 3.86. The van der Waals surface area contributed by atoms with Gasteiger partial charge in [-0.1, -0.05) is 140 Å². The second-order valence-electron chi connectivity index (χ2n) is 16.9. The third kappa shape index (κ3) is 5.08. The Labute approximate surface area is 361 Å². The molecule has 2 heterocycles. The number of anilines is 3. The standard InChI is InChI=1S/C60H36N2O/c1-2-13-38-30-43(25-24-37(38)12-1)62-56-23-11-22-55(60(56)54-32-40-15-3-5-16-41(40)33-57(54)62)61(45-27-29-58-53(36-45)52-31-39-14-4-6-17-42(39)34-59(52)63-58)44-26-28-50-48-20-8-7-18-46(48)47-19-9-10-21-49(47)51(50)35-44/h1-36H. The summed E-state index contributed by atoms with van der Waals surface area (Å²) in [6.07, 6.45) is 0. The van der Waals surface area contributed by atoms with Gasteiger partial charge < -0.3 is 13.9 Å². The van der Waals surface area contributed by atoms with Gasteiger partial charge in [0.15, 0.2) is 0 Å². The minimum Gasteiger partial charge on any atom is -0.456 e. The second-order valence-corrected chi connectivity index (χ2v) is 16.9. The van der Waals surface area contributed by atoms with Crippen molar-refractivity contribution in [2.45, 2.75) is 0 Å². The van der Waals surface area contributed by atoms with E-state index in [2.05, 4.69) is 228 Å². The Balaban J connectivity index is 1.10. The molecule has 0 saturated heterocycles. The monoisotopic (exact) mass is 800 g/mol. The number of hydrogen-bond acceptors (Lipinski definition) is 2. The largest absolute Gasteiger partial charge is 0.456 e. The Morgan fingerprint density at radius 2 is 0.825 bits per heavy atom. The Kier molecular flexibility index (Phi) is 7.11. The molecule has 0 unspecified atom stereocenters. The van der Waals surface area contributed by atoms with Crippen molar-refractivity contribution in [3.63, 3.8) is 0 Å². The molecule has 0 aliphatic heterocycles. The van der Waals surface area contributed by atoms with Gasteiger partial charge in [-0.05, 0) is 143 Å². The van der Waals surface area contributed by atoms with Crippen LogP contribution in [0.1, 0.15) is 0 Å². The highest BCUT2D eigenvalue weighted by molar-refractivity contribution is 6.26. The van der Waals surface area contributed by atoms with Gasteiger partial charge >= 0.3 is 0 Å². The number of benzene rings is 12. The summed E-state index contributed by atoms with van der Waals surface area (Å²) in [6.45, 7) is 0. The molecule has 14 rings (SSSR count). The molecular weight excluding hydrogens is 765 g/mol. The zero-order chi connectivity index (χ0) is 41.2. The second kappa shape index (κ2) is 13.1. The van der Waals surface area contributed by atoms with Crippen LogP contribution in [0.15, 0.2) is 223 Å². The predicted molar refractivity (Wildman–Crippen MR) is 268 cm³/mol. The molecule has 0 N–H and O–H groups in total. The Hall–Kier alpha value is -8.40. The van der Waals surface area contributed by atoms with Gasteiger partial charge in [0.1, 0.15) is 11.2 Å². The first kappa shape index (κ1) is 34.3. The summed E-state index contributed by atoms with van der Waals surface area (Å²) in [5.74, 6) is 0. The summed E-state index contributed by atoms with van der Waals surface area (Å²) in [6, 6.07) is 80.2. The molecule has 0 atom stereocenters. The molecule has 3 nitrogen and oxygen atoms in total. The minimum atomic E-state index is 0.873. The Morgan fingerprint density at radius 1 is 0.302 bits per heavy atom. The third-order valence-corrected chi connectivity index (χ3v) is 13.4. The van der Waals surface area contributed by atoms with E-state index in [-0.39, 0.29) is 0 Å². The van der Waals surface area contributed by atoms with Crippen LogP contribution in [0.25, 0.3) is 114 Å². The van der Waals surface area contributed by atoms with E-state index in [1.807, 2.05) is 0 Å². The van der Waals surface area contributed by atoms with E-state index in [1.54, 1.807) is 0 Å². The van der Waals surface area contributed by atoms with E-state index < -0.39 is 0 Å². The van der Waals surface area contributed by atoms with Gasteiger partial charge in [-0.15, -0.1) is 0 Å². The van der Waals surface area contributed by atoms with Crippen molar-refractivity contribution in [3.8, 4) is 5.69 Å². The van der Waals surface area contributed by atoms with Crippen LogP contribution in [0.3, 0.4) is 0 Å². The lowest BCUT2D eigenvalue weighted by Crippen LogP contribution is -2.10. The zero-order valence-electron chi connectivity index (χ0n) is 34.1. The molecule has 2 aromatic heterocycles. The van der Waals surface area contributed by atoms with E-state index in [9.17, 15) is 0 Å². The smallest absolute Gasteiger partial charge is 0.136 e. The van der Waals surface area contributed by atoms with Gasteiger partial charge in [0, 0.05) is 38.6 Å². The van der Waals surface area contributed by atoms with E-state index in [0.29, 0.717) is 0 Å². The quantitative estimate of drug-likeness (QED) is 0.165. The number of furan rings is 1. The maximum absolute atomic E-state index is 6.58. The van der Waals surface area contributed by atoms with Crippen LogP contribution >= 0.6 is 0 Å². The number of hydrogen-bond donors (Lipinski definition) is 0. The maximum atomic E-state index is 6.58. The lowest BCUT2D eigenvalue weighted by molar-refractivity contribution is 0.669. The van der Waals surface area contributed by atoms with Crippen molar-refractivity contribution < 1.29 is 4.42 Å². The molecule has 63 heavy (non-hydrogen) atoms. The van der Waals surface area contributed by atoms with E-state index in [1.165, 1.54) is 80.9 Å². The van der Waals surface area contributed by atoms with Crippen molar-refractivity contribution in [3.05, 3.63) is 218 Å². The SMILES string of the molecule is c1ccc2cc(-n3c4cc5ccccc5cc4c4c(N(c5ccc6oc7cc8ccccc8cc7c6c5)c5ccc6c7ccccc7c7ccccc7c6c5)cccc43)ccc2c1. The summed E-state index contributed by atoms with van der Waals surface area (Å²) in [5.41, 5.74) is 8.47. The Bertz CT molecular complexity index is 4190. The summed E-state index contributed by atoms with van der Waals surface area (Å²) in [4.78, 5) is 2.48.